The molecule has 98 heavy (non-hydrogen) atoms. The number of phosphoric ester groups is 2. The maximum Gasteiger partial charge on any atom is 0.472 e. The molecular weight excluding hydrogens is 1280 g/mol. The Bertz CT molecular complexity index is 1880. The second-order valence-corrected chi connectivity index (χ2v) is 31.6. The van der Waals surface area contributed by atoms with Gasteiger partial charge in [0.25, 0.3) is 0 Å². The SMILES string of the molecule is CCCCCCCCCCCCCCCCCCCCCCCCC(=O)O[C@H](COC(=O)CCCCCCCCCCCCCCC)COP(=O)(O)OC[C@@H](O)COP(=O)(O)OC[C@@H](COC(=O)CCCCCCCCC(C)CC)OC(=O)CCCCCCCCCCCCCCC. The van der Waals surface area contributed by atoms with Crippen molar-refractivity contribution in [1.29, 1.82) is 0 Å². The Kier molecular flexibility index (Phi) is 70.6. The Hall–Kier alpha value is -1.94. The molecular formula is C79H154O17P2. The molecule has 0 radical (unpaired) electrons. The zero-order valence-corrected chi connectivity index (χ0v) is 65.7. The fraction of sp³-hybridized carbons (Fsp3) is 0.949. The van der Waals surface area contributed by atoms with Crippen LogP contribution in [-0.4, -0.2) is 96.7 Å². The third kappa shape index (κ3) is 71.1. The van der Waals surface area contributed by atoms with Crippen LogP contribution in [0.3, 0.4) is 0 Å². The highest BCUT2D eigenvalue weighted by atomic mass is 31.2. The molecule has 0 saturated carbocycles. The Morgan fingerprint density at radius 2 is 0.490 bits per heavy atom. The molecule has 0 aromatic carbocycles. The van der Waals surface area contributed by atoms with E-state index >= 15 is 0 Å². The van der Waals surface area contributed by atoms with Crippen molar-refractivity contribution in [3.63, 3.8) is 0 Å². The van der Waals surface area contributed by atoms with E-state index in [0.29, 0.717) is 25.7 Å². The fourth-order valence-corrected chi connectivity index (χ4v) is 13.8. The number of phosphoric acid groups is 2. The highest BCUT2D eigenvalue weighted by Gasteiger charge is 2.30. The molecule has 6 atom stereocenters. The summed E-state index contributed by atoms with van der Waals surface area (Å²) in [5.41, 5.74) is 0. The van der Waals surface area contributed by atoms with Crippen LogP contribution in [0.15, 0.2) is 0 Å². The van der Waals surface area contributed by atoms with Crippen molar-refractivity contribution in [1.82, 2.24) is 0 Å². The highest BCUT2D eigenvalue weighted by molar-refractivity contribution is 7.47. The molecule has 0 aliphatic rings. The predicted octanol–water partition coefficient (Wildman–Crippen LogP) is 23.6. The van der Waals surface area contributed by atoms with Crippen molar-refractivity contribution in [2.75, 3.05) is 39.6 Å². The molecule has 0 heterocycles. The van der Waals surface area contributed by atoms with Crippen molar-refractivity contribution in [3.8, 4) is 0 Å². The van der Waals surface area contributed by atoms with E-state index in [2.05, 4.69) is 34.6 Å². The van der Waals surface area contributed by atoms with Crippen LogP contribution in [0.1, 0.15) is 420 Å². The van der Waals surface area contributed by atoms with E-state index < -0.39 is 97.5 Å². The van der Waals surface area contributed by atoms with Gasteiger partial charge in [0.1, 0.15) is 19.3 Å². The Morgan fingerprint density at radius 1 is 0.286 bits per heavy atom. The molecule has 0 aliphatic carbocycles. The van der Waals surface area contributed by atoms with Gasteiger partial charge in [-0.3, -0.25) is 37.3 Å². The summed E-state index contributed by atoms with van der Waals surface area (Å²) in [5, 5.41) is 10.6. The molecule has 0 spiro atoms. The topological polar surface area (TPSA) is 237 Å². The third-order valence-corrected chi connectivity index (χ3v) is 20.8. The van der Waals surface area contributed by atoms with Crippen LogP contribution in [0, 0.1) is 5.92 Å². The van der Waals surface area contributed by atoms with E-state index in [4.69, 9.17) is 37.0 Å². The summed E-state index contributed by atoms with van der Waals surface area (Å²) in [6, 6.07) is 0. The predicted molar refractivity (Wildman–Crippen MR) is 400 cm³/mol. The summed E-state index contributed by atoms with van der Waals surface area (Å²) in [7, 11) is -9.91. The summed E-state index contributed by atoms with van der Waals surface area (Å²) in [6.45, 7) is 7.27. The number of hydrogen-bond acceptors (Lipinski definition) is 15. The van der Waals surface area contributed by atoms with Gasteiger partial charge in [0.2, 0.25) is 0 Å². The van der Waals surface area contributed by atoms with Crippen molar-refractivity contribution >= 4 is 39.5 Å². The van der Waals surface area contributed by atoms with E-state index in [-0.39, 0.29) is 25.7 Å². The first-order valence-corrected chi connectivity index (χ1v) is 44.2. The number of unbranched alkanes of at least 4 members (excludes halogenated alkanes) is 50. The minimum atomic E-state index is -4.96. The number of ether oxygens (including phenoxy) is 4. The van der Waals surface area contributed by atoms with Gasteiger partial charge in [0.15, 0.2) is 12.2 Å². The number of rotatable bonds is 79. The number of aliphatic hydroxyl groups is 1. The molecule has 3 N–H and O–H groups in total. The average molecular weight is 1440 g/mol. The van der Waals surface area contributed by atoms with Gasteiger partial charge in [-0.2, -0.15) is 0 Å². The largest absolute Gasteiger partial charge is 0.472 e. The van der Waals surface area contributed by atoms with Gasteiger partial charge in [-0.25, -0.2) is 9.13 Å². The highest BCUT2D eigenvalue weighted by Crippen LogP contribution is 2.45. The zero-order valence-electron chi connectivity index (χ0n) is 63.9. The van der Waals surface area contributed by atoms with Crippen LogP contribution in [-0.2, 0) is 65.4 Å². The first kappa shape index (κ1) is 96.1. The number of esters is 4. The second-order valence-electron chi connectivity index (χ2n) is 28.7. The summed E-state index contributed by atoms with van der Waals surface area (Å²) < 4.78 is 68.6. The summed E-state index contributed by atoms with van der Waals surface area (Å²) in [5.74, 6) is -1.38. The summed E-state index contributed by atoms with van der Waals surface area (Å²) in [4.78, 5) is 72.9. The lowest BCUT2D eigenvalue weighted by Crippen LogP contribution is -2.30. The summed E-state index contributed by atoms with van der Waals surface area (Å²) >= 11 is 0. The van der Waals surface area contributed by atoms with Gasteiger partial charge < -0.3 is 33.8 Å². The van der Waals surface area contributed by atoms with Crippen molar-refractivity contribution in [3.05, 3.63) is 0 Å². The van der Waals surface area contributed by atoms with Crippen LogP contribution in [0.4, 0.5) is 0 Å². The fourth-order valence-electron chi connectivity index (χ4n) is 12.2. The number of aliphatic hydroxyl groups excluding tert-OH is 1. The molecule has 3 unspecified atom stereocenters. The Balaban J connectivity index is 5.19. The molecule has 0 saturated heterocycles. The maximum atomic E-state index is 13.1. The molecule has 0 fully saturated rings. The first-order valence-electron chi connectivity index (χ1n) is 41.2. The molecule has 17 nitrogen and oxygen atoms in total. The standard InChI is InChI=1S/C79H154O17P2/c1-6-10-13-16-19-22-25-28-29-30-31-32-33-34-35-36-39-42-45-48-55-60-65-78(83)95-74(68-89-76(81)62-57-52-46-43-40-37-26-23-20-17-14-11-7-2)70-93-97(85,86)91-66-73(80)67-92-98(87,88)94-71-75(69-90-77(82)63-58-53-50-49-51-56-61-72(5)9-4)96-79(84)64-59-54-47-44-41-38-27-24-21-18-15-12-8-3/h72-75,80H,6-71H2,1-5H3,(H,85,86)(H,87,88)/t72?,73-,74-,75-/m1/s1. The molecule has 19 heteroatoms. The van der Waals surface area contributed by atoms with E-state index in [0.717, 1.165) is 102 Å². The smallest absolute Gasteiger partial charge is 0.462 e. The third-order valence-electron chi connectivity index (χ3n) is 18.9. The normalized spacial score (nSPS) is 14.2. The van der Waals surface area contributed by atoms with Crippen LogP contribution in [0.5, 0.6) is 0 Å². The van der Waals surface area contributed by atoms with Gasteiger partial charge in [0, 0.05) is 25.7 Å². The van der Waals surface area contributed by atoms with Crippen LogP contribution >= 0.6 is 15.6 Å². The minimum absolute atomic E-state index is 0.107. The molecule has 0 aromatic rings. The van der Waals surface area contributed by atoms with Crippen LogP contribution < -0.4 is 0 Å². The lowest BCUT2D eigenvalue weighted by molar-refractivity contribution is -0.161. The lowest BCUT2D eigenvalue weighted by atomic mass is 10.00. The number of hydrogen-bond donors (Lipinski definition) is 3. The zero-order chi connectivity index (χ0) is 71.9. The van der Waals surface area contributed by atoms with Gasteiger partial charge in [0.05, 0.1) is 26.4 Å². The van der Waals surface area contributed by atoms with E-state index in [1.165, 1.54) is 238 Å². The lowest BCUT2D eigenvalue weighted by Gasteiger charge is -2.21. The number of carbonyl (C=O) groups excluding carboxylic acids is 4. The van der Waals surface area contributed by atoms with Crippen LogP contribution in [0.25, 0.3) is 0 Å². The second kappa shape index (κ2) is 72.0. The average Bonchev–Trinajstić information content (AvgIpc) is 0.950. The maximum absolute atomic E-state index is 13.1. The summed E-state index contributed by atoms with van der Waals surface area (Å²) in [6.07, 6.45) is 62.5. The van der Waals surface area contributed by atoms with Crippen LogP contribution in [0.2, 0.25) is 0 Å². The monoisotopic (exact) mass is 1440 g/mol. The van der Waals surface area contributed by atoms with Gasteiger partial charge in [-0.1, -0.05) is 369 Å². The quantitative estimate of drug-likeness (QED) is 0.0222. The minimum Gasteiger partial charge on any atom is -0.462 e. The van der Waals surface area contributed by atoms with E-state index in [9.17, 15) is 43.2 Å². The van der Waals surface area contributed by atoms with Gasteiger partial charge >= 0.3 is 39.5 Å². The van der Waals surface area contributed by atoms with Crippen molar-refractivity contribution in [2.45, 2.75) is 438 Å². The van der Waals surface area contributed by atoms with Gasteiger partial charge in [-0.15, -0.1) is 0 Å². The molecule has 0 aromatic heterocycles. The molecule has 582 valence electrons. The Labute approximate surface area is 600 Å². The molecule has 0 rings (SSSR count). The van der Waals surface area contributed by atoms with E-state index in [1.54, 1.807) is 0 Å². The van der Waals surface area contributed by atoms with Crippen molar-refractivity contribution < 1.29 is 80.2 Å². The molecule has 0 bridgehead atoms. The van der Waals surface area contributed by atoms with Gasteiger partial charge in [-0.05, 0) is 31.6 Å². The van der Waals surface area contributed by atoms with Crippen molar-refractivity contribution in [2.24, 2.45) is 5.92 Å². The van der Waals surface area contributed by atoms with E-state index in [1.807, 2.05) is 0 Å². The number of carbonyl (C=O) groups is 4. The molecule has 0 aliphatic heterocycles. The molecule has 0 amide bonds. The first-order chi connectivity index (χ1) is 47.6. The Morgan fingerprint density at radius 3 is 0.724 bits per heavy atom.